The Kier molecular flexibility index (Phi) is 7.05. The molecule has 4 aromatic heterocycles. The molecular formula is C49H22F5N3S2. The van der Waals surface area contributed by atoms with E-state index in [1.54, 1.807) is 27.2 Å². The van der Waals surface area contributed by atoms with Crippen molar-refractivity contribution >= 4 is 107 Å². The quantitative estimate of drug-likeness (QED) is 0.0994. The molecule has 0 aliphatic carbocycles. The van der Waals surface area contributed by atoms with E-state index in [1.807, 2.05) is 120 Å². The van der Waals surface area contributed by atoms with Gasteiger partial charge in [-0.1, -0.05) is 97.1 Å². The number of halogens is 5. The third kappa shape index (κ3) is 4.48. The van der Waals surface area contributed by atoms with Gasteiger partial charge in [0.2, 0.25) is 5.82 Å². The Morgan fingerprint density at radius 2 is 0.847 bits per heavy atom. The van der Waals surface area contributed by atoms with E-state index in [0.29, 0.717) is 16.6 Å². The van der Waals surface area contributed by atoms with Crippen molar-refractivity contribution in [2.75, 3.05) is 0 Å². The van der Waals surface area contributed by atoms with Gasteiger partial charge in [-0.3, -0.25) is 0 Å². The first kappa shape index (κ1) is 34.0. The summed E-state index contributed by atoms with van der Waals surface area (Å²) in [6.45, 7) is 0. The number of hydrogen-bond donors (Lipinski definition) is 0. The van der Waals surface area contributed by atoms with Crippen LogP contribution < -0.4 is 0 Å². The lowest BCUT2D eigenvalue weighted by atomic mass is 9.97. The molecule has 0 fully saturated rings. The van der Waals surface area contributed by atoms with Crippen molar-refractivity contribution in [3.05, 3.63) is 168 Å². The summed E-state index contributed by atoms with van der Waals surface area (Å²) in [7, 11) is 0. The molecule has 0 N–H and O–H groups in total. The summed E-state index contributed by atoms with van der Waals surface area (Å²) in [6.07, 6.45) is 0. The number of fused-ring (bicyclic) bond motifs is 14. The maximum atomic E-state index is 16.4. The summed E-state index contributed by atoms with van der Waals surface area (Å²) >= 11 is 3.12. The standard InChI is InChI=1S/C49H22F5N3S2/c50-41-40(42(51)44(53)45(54)43(41)52)33-22-36(56-34-13-5-1-9-25(34)29-17-19-31-27-11-3-7-15-38(27)58-48(31)46(29)56)24(23-55)21-37(33)57-35-14-6-2-10-26(35)30-18-20-32-28-12-4-8-16-39(28)59-49(32)47(30)57/h1-22H. The monoisotopic (exact) mass is 811 g/mol. The van der Waals surface area contributed by atoms with Gasteiger partial charge in [0.1, 0.15) is 6.07 Å². The van der Waals surface area contributed by atoms with Gasteiger partial charge in [-0.2, -0.15) is 5.26 Å². The van der Waals surface area contributed by atoms with Gasteiger partial charge in [-0.15, -0.1) is 22.7 Å². The fourth-order valence-electron chi connectivity index (χ4n) is 9.04. The van der Waals surface area contributed by atoms with Crippen LogP contribution in [0.25, 0.3) is 106 Å². The van der Waals surface area contributed by atoms with E-state index in [1.165, 1.54) is 12.1 Å². The van der Waals surface area contributed by atoms with Gasteiger partial charge in [-0.25, -0.2) is 22.0 Å². The molecule has 0 aliphatic heterocycles. The van der Waals surface area contributed by atoms with Crippen molar-refractivity contribution in [1.29, 1.82) is 5.26 Å². The fraction of sp³-hybridized carbons (Fsp3) is 0. The lowest BCUT2D eigenvalue weighted by Crippen LogP contribution is -2.08. The van der Waals surface area contributed by atoms with E-state index in [0.717, 1.165) is 67.4 Å². The third-order valence-corrected chi connectivity index (χ3v) is 13.9. The normalized spacial score (nSPS) is 12.1. The van der Waals surface area contributed by atoms with Crippen molar-refractivity contribution in [3.63, 3.8) is 0 Å². The number of para-hydroxylation sites is 2. The van der Waals surface area contributed by atoms with E-state index in [9.17, 15) is 9.65 Å². The number of rotatable bonds is 3. The molecule has 280 valence electrons. The molecule has 59 heavy (non-hydrogen) atoms. The average Bonchev–Trinajstić information content (AvgIpc) is 4.02. The van der Waals surface area contributed by atoms with Crippen LogP contribution in [0.1, 0.15) is 5.56 Å². The molecule has 12 aromatic rings. The molecule has 12 rings (SSSR count). The first-order valence-corrected chi connectivity index (χ1v) is 20.2. The maximum Gasteiger partial charge on any atom is 0.200 e. The summed E-state index contributed by atoms with van der Waals surface area (Å²) in [5.74, 6) is -10.3. The van der Waals surface area contributed by atoms with Crippen LogP contribution in [0, 0.1) is 40.4 Å². The number of hydrogen-bond acceptors (Lipinski definition) is 3. The second-order valence-electron chi connectivity index (χ2n) is 14.5. The molecule has 4 heterocycles. The first-order chi connectivity index (χ1) is 28.8. The van der Waals surface area contributed by atoms with Crippen LogP contribution in [-0.4, -0.2) is 9.13 Å². The SMILES string of the molecule is N#Cc1cc(-n2c3ccccc3c3ccc4c5ccccc5sc4c32)c(-c2c(F)c(F)c(F)c(F)c2F)cc1-n1c2ccccc2c2ccc3c4ccccc4sc3c21. The second-order valence-corrected chi connectivity index (χ2v) is 16.6. The number of aromatic nitrogens is 2. The highest BCUT2D eigenvalue weighted by atomic mass is 32.1. The Hall–Kier alpha value is -7.06. The van der Waals surface area contributed by atoms with Crippen LogP contribution in [0.5, 0.6) is 0 Å². The fourth-order valence-corrected chi connectivity index (χ4v) is 11.5. The number of benzene rings is 8. The third-order valence-electron chi connectivity index (χ3n) is 11.6. The highest BCUT2D eigenvalue weighted by Gasteiger charge is 2.31. The maximum absolute atomic E-state index is 16.4. The van der Waals surface area contributed by atoms with Gasteiger partial charge in [0.15, 0.2) is 23.3 Å². The molecule has 0 amide bonds. The Morgan fingerprint density at radius 1 is 0.424 bits per heavy atom. The predicted molar refractivity (Wildman–Crippen MR) is 231 cm³/mol. The molecule has 0 unspecified atom stereocenters. The zero-order valence-corrected chi connectivity index (χ0v) is 31.9. The van der Waals surface area contributed by atoms with E-state index in [4.69, 9.17) is 0 Å². The minimum absolute atomic E-state index is 0.0810. The molecule has 0 saturated heterocycles. The van der Waals surface area contributed by atoms with E-state index < -0.39 is 34.6 Å². The van der Waals surface area contributed by atoms with Crippen molar-refractivity contribution < 1.29 is 22.0 Å². The van der Waals surface area contributed by atoms with Gasteiger partial charge < -0.3 is 9.13 Å². The van der Waals surface area contributed by atoms with Gasteiger partial charge in [0.25, 0.3) is 0 Å². The van der Waals surface area contributed by atoms with Crippen LogP contribution in [0.4, 0.5) is 22.0 Å². The van der Waals surface area contributed by atoms with Crippen molar-refractivity contribution in [1.82, 2.24) is 9.13 Å². The Labute approximate surface area is 338 Å². The van der Waals surface area contributed by atoms with Crippen molar-refractivity contribution in [2.24, 2.45) is 0 Å². The van der Waals surface area contributed by atoms with E-state index in [-0.39, 0.29) is 22.5 Å². The molecule has 0 radical (unpaired) electrons. The highest BCUT2D eigenvalue weighted by molar-refractivity contribution is 7.27. The smallest absolute Gasteiger partial charge is 0.200 e. The molecule has 10 heteroatoms. The van der Waals surface area contributed by atoms with Crippen LogP contribution in [-0.2, 0) is 0 Å². The molecular weight excluding hydrogens is 790 g/mol. The van der Waals surface area contributed by atoms with Crippen LogP contribution in [0.2, 0.25) is 0 Å². The minimum Gasteiger partial charge on any atom is -0.307 e. The van der Waals surface area contributed by atoms with Gasteiger partial charge in [0, 0.05) is 58.1 Å². The average molecular weight is 812 g/mol. The molecule has 0 saturated carbocycles. The Morgan fingerprint density at radius 3 is 1.36 bits per heavy atom. The van der Waals surface area contributed by atoms with Crippen molar-refractivity contribution in [3.8, 4) is 28.6 Å². The largest absolute Gasteiger partial charge is 0.307 e. The van der Waals surface area contributed by atoms with Crippen LogP contribution in [0.3, 0.4) is 0 Å². The molecule has 3 nitrogen and oxygen atoms in total. The summed E-state index contributed by atoms with van der Waals surface area (Å²) in [4.78, 5) is 0. The molecule has 8 aromatic carbocycles. The lowest BCUT2D eigenvalue weighted by Gasteiger charge is -2.20. The highest BCUT2D eigenvalue weighted by Crippen LogP contribution is 2.48. The second kappa shape index (κ2) is 12.2. The first-order valence-electron chi connectivity index (χ1n) is 18.6. The molecule has 0 bridgehead atoms. The molecule has 0 spiro atoms. The number of nitrogens with zero attached hydrogens (tertiary/aromatic N) is 3. The van der Waals surface area contributed by atoms with Crippen molar-refractivity contribution in [2.45, 2.75) is 0 Å². The summed E-state index contributed by atoms with van der Waals surface area (Å²) < 4.78 is 85.9. The van der Waals surface area contributed by atoms with E-state index >= 15 is 17.6 Å². The summed E-state index contributed by atoms with van der Waals surface area (Å²) in [5, 5.41) is 18.5. The zero-order chi connectivity index (χ0) is 39.8. The zero-order valence-electron chi connectivity index (χ0n) is 30.2. The van der Waals surface area contributed by atoms with E-state index in [2.05, 4.69) is 12.1 Å². The Bertz CT molecular complexity index is 3850. The van der Waals surface area contributed by atoms with Crippen LogP contribution in [0.15, 0.2) is 133 Å². The van der Waals surface area contributed by atoms with Crippen LogP contribution >= 0.6 is 22.7 Å². The minimum atomic E-state index is -2.25. The van der Waals surface area contributed by atoms with Gasteiger partial charge in [0.05, 0.1) is 54.0 Å². The molecule has 0 aliphatic rings. The van der Waals surface area contributed by atoms with Gasteiger partial charge >= 0.3 is 0 Å². The predicted octanol–water partition coefficient (Wildman–Crippen LogP) is 14.9. The topological polar surface area (TPSA) is 33.6 Å². The Balaban J connectivity index is 1.30. The number of nitriles is 1. The lowest BCUT2D eigenvalue weighted by molar-refractivity contribution is 0.381. The van der Waals surface area contributed by atoms with Gasteiger partial charge in [-0.05, 0) is 36.4 Å². The molecule has 0 atom stereocenters. The summed E-state index contributed by atoms with van der Waals surface area (Å²) in [5.41, 5.74) is 1.81. The number of thiophene rings is 2. The summed E-state index contributed by atoms with van der Waals surface area (Å²) in [6, 6.07) is 44.5.